The summed E-state index contributed by atoms with van der Waals surface area (Å²) in [6.07, 6.45) is 5.71. The second-order valence-electron chi connectivity index (χ2n) is 7.45. The Labute approximate surface area is 178 Å². The number of fused-ring (bicyclic) bond motifs is 1. The summed E-state index contributed by atoms with van der Waals surface area (Å²) < 4.78 is 0. The molecule has 2 heterocycles. The molecule has 5 N–H and O–H groups in total. The number of carbonyl (C=O) groups excluding carboxylic acids is 1. The normalized spacial score (nSPS) is 18.9. The van der Waals surface area contributed by atoms with E-state index in [1.165, 1.54) is 6.20 Å². The van der Waals surface area contributed by atoms with Crippen LogP contribution in [-0.4, -0.2) is 50.9 Å². The lowest BCUT2D eigenvalue weighted by Crippen LogP contribution is -2.38. The van der Waals surface area contributed by atoms with Gasteiger partial charge < -0.3 is 20.7 Å². The largest absolute Gasteiger partial charge is 0.393 e. The van der Waals surface area contributed by atoms with Crippen LogP contribution >= 0.6 is 11.6 Å². The number of amides is 1. The Kier molecular flexibility index (Phi) is 5.69. The van der Waals surface area contributed by atoms with Gasteiger partial charge >= 0.3 is 0 Å². The summed E-state index contributed by atoms with van der Waals surface area (Å²) in [5.41, 5.74) is 3.18. The third kappa shape index (κ3) is 4.01. The van der Waals surface area contributed by atoms with Gasteiger partial charge in [0.05, 0.1) is 23.6 Å². The lowest BCUT2D eigenvalue weighted by Gasteiger charge is -2.26. The van der Waals surface area contributed by atoms with Crippen molar-refractivity contribution in [2.24, 2.45) is 0 Å². The quantitative estimate of drug-likeness (QED) is 0.400. The number of nitrogens with zero attached hydrogens (tertiary/aromatic N) is 2. The predicted octanol–water partition coefficient (Wildman–Crippen LogP) is 3.10. The molecule has 0 radical (unpaired) electrons. The standard InChI is InChI=1S/C21H23ClN6O2/c1-24-16-8-11(22)2-7-14(16)18(23)17-10-26-20-19(28-17)15(9-25-20)21(30)27-12-3-5-13(29)6-4-12/h2,7-10,12-13,23-24,29H,3-6H2,1H3,(H,25,26)(H,27,30)/t12-,13+. The van der Waals surface area contributed by atoms with Crippen molar-refractivity contribution >= 4 is 40.1 Å². The van der Waals surface area contributed by atoms with Crippen LogP contribution in [0.2, 0.25) is 5.02 Å². The summed E-state index contributed by atoms with van der Waals surface area (Å²) in [5.74, 6) is -0.233. The van der Waals surface area contributed by atoms with Gasteiger partial charge in [0.15, 0.2) is 5.65 Å². The van der Waals surface area contributed by atoms with Crippen LogP contribution in [0.5, 0.6) is 0 Å². The first-order chi connectivity index (χ1) is 14.5. The third-order valence-corrected chi connectivity index (χ3v) is 5.67. The number of anilines is 1. The lowest BCUT2D eigenvalue weighted by molar-refractivity contribution is 0.0869. The molecule has 1 amide bonds. The Morgan fingerprint density at radius 3 is 2.77 bits per heavy atom. The number of rotatable bonds is 5. The number of hydrogen-bond acceptors (Lipinski definition) is 6. The Morgan fingerprint density at radius 2 is 2.03 bits per heavy atom. The van der Waals surface area contributed by atoms with Gasteiger partial charge in [-0.05, 0) is 43.9 Å². The van der Waals surface area contributed by atoms with Crippen molar-refractivity contribution in [2.75, 3.05) is 12.4 Å². The molecule has 0 bridgehead atoms. The van der Waals surface area contributed by atoms with E-state index in [0.717, 1.165) is 12.8 Å². The van der Waals surface area contributed by atoms with Crippen LogP contribution in [0.4, 0.5) is 5.69 Å². The molecule has 1 aliphatic rings. The van der Waals surface area contributed by atoms with E-state index in [9.17, 15) is 9.90 Å². The first-order valence-corrected chi connectivity index (χ1v) is 10.2. The maximum atomic E-state index is 12.8. The number of halogens is 1. The van der Waals surface area contributed by atoms with E-state index in [1.54, 1.807) is 31.4 Å². The predicted molar refractivity (Wildman–Crippen MR) is 117 cm³/mol. The minimum atomic E-state index is -0.277. The van der Waals surface area contributed by atoms with Gasteiger partial charge in [-0.3, -0.25) is 10.2 Å². The highest BCUT2D eigenvalue weighted by Gasteiger charge is 2.23. The van der Waals surface area contributed by atoms with E-state index >= 15 is 0 Å². The Morgan fingerprint density at radius 1 is 1.27 bits per heavy atom. The van der Waals surface area contributed by atoms with Crippen LogP contribution in [0.3, 0.4) is 0 Å². The van der Waals surface area contributed by atoms with Crippen molar-refractivity contribution in [3.8, 4) is 0 Å². The molecule has 0 atom stereocenters. The molecule has 0 saturated heterocycles. The fourth-order valence-electron chi connectivity index (χ4n) is 3.75. The van der Waals surface area contributed by atoms with Crippen LogP contribution in [0.25, 0.3) is 11.2 Å². The molecule has 2 aromatic heterocycles. The molecular weight excluding hydrogens is 404 g/mol. The van der Waals surface area contributed by atoms with Crippen LogP contribution in [-0.2, 0) is 0 Å². The zero-order valence-electron chi connectivity index (χ0n) is 16.5. The molecule has 9 heteroatoms. The number of carbonyl (C=O) groups is 1. The van der Waals surface area contributed by atoms with Gasteiger partial charge in [-0.1, -0.05) is 11.6 Å². The maximum Gasteiger partial charge on any atom is 0.255 e. The SMILES string of the molecule is CNc1cc(Cl)ccc1C(=N)c1cnc2[nH]cc(C(=O)N[C@H]3CC[C@@H](O)CC3)c2n1. The summed E-state index contributed by atoms with van der Waals surface area (Å²) >= 11 is 6.05. The van der Waals surface area contributed by atoms with E-state index in [4.69, 9.17) is 17.0 Å². The maximum absolute atomic E-state index is 12.8. The zero-order valence-corrected chi connectivity index (χ0v) is 17.3. The van der Waals surface area contributed by atoms with E-state index in [-0.39, 0.29) is 23.8 Å². The number of aliphatic hydroxyl groups excluding tert-OH is 1. The molecule has 1 aliphatic carbocycles. The van der Waals surface area contributed by atoms with Crippen molar-refractivity contribution in [3.63, 3.8) is 0 Å². The second-order valence-corrected chi connectivity index (χ2v) is 7.89. The van der Waals surface area contributed by atoms with Crippen molar-refractivity contribution in [2.45, 2.75) is 37.8 Å². The molecule has 0 aliphatic heterocycles. The zero-order chi connectivity index (χ0) is 21.3. The Balaban J connectivity index is 1.61. The molecular formula is C21H23ClN6O2. The van der Waals surface area contributed by atoms with Crippen LogP contribution in [0, 0.1) is 5.41 Å². The van der Waals surface area contributed by atoms with Gasteiger partial charge in [-0.15, -0.1) is 0 Å². The monoisotopic (exact) mass is 426 g/mol. The molecule has 156 valence electrons. The first kappa shape index (κ1) is 20.3. The van der Waals surface area contributed by atoms with Crippen molar-refractivity contribution in [3.05, 3.63) is 52.4 Å². The number of aliphatic hydroxyl groups is 1. The third-order valence-electron chi connectivity index (χ3n) is 5.43. The molecule has 1 fully saturated rings. The average molecular weight is 427 g/mol. The minimum absolute atomic E-state index is 0.0348. The average Bonchev–Trinajstić information content (AvgIpc) is 3.18. The van der Waals surface area contributed by atoms with Gasteiger partial charge in [0.1, 0.15) is 11.2 Å². The van der Waals surface area contributed by atoms with Crippen LogP contribution in [0.1, 0.15) is 47.3 Å². The van der Waals surface area contributed by atoms with Gasteiger partial charge in [0, 0.05) is 35.6 Å². The molecule has 0 spiro atoms. The second kappa shape index (κ2) is 8.41. The summed E-state index contributed by atoms with van der Waals surface area (Å²) in [5, 5.41) is 24.9. The Bertz CT molecular complexity index is 1100. The summed E-state index contributed by atoms with van der Waals surface area (Å²) in [7, 11) is 1.76. The molecule has 0 unspecified atom stereocenters. The van der Waals surface area contributed by atoms with E-state index < -0.39 is 0 Å². The number of nitrogens with one attached hydrogen (secondary N) is 4. The number of aromatic amines is 1. The molecule has 3 aromatic rings. The highest BCUT2D eigenvalue weighted by Crippen LogP contribution is 2.24. The Hall–Kier alpha value is -2.97. The van der Waals surface area contributed by atoms with E-state index in [2.05, 4.69) is 25.6 Å². The van der Waals surface area contributed by atoms with Gasteiger partial charge in [-0.25, -0.2) is 9.97 Å². The molecule has 8 nitrogen and oxygen atoms in total. The molecule has 1 aromatic carbocycles. The summed E-state index contributed by atoms with van der Waals surface area (Å²) in [6.45, 7) is 0. The highest BCUT2D eigenvalue weighted by molar-refractivity contribution is 6.31. The molecule has 4 rings (SSSR count). The van der Waals surface area contributed by atoms with Crippen molar-refractivity contribution in [1.29, 1.82) is 5.41 Å². The molecule has 30 heavy (non-hydrogen) atoms. The van der Waals surface area contributed by atoms with Crippen LogP contribution in [0.15, 0.2) is 30.6 Å². The van der Waals surface area contributed by atoms with Gasteiger partial charge in [0.25, 0.3) is 5.91 Å². The smallest absolute Gasteiger partial charge is 0.255 e. The van der Waals surface area contributed by atoms with Crippen molar-refractivity contribution in [1.82, 2.24) is 20.3 Å². The molecule has 1 saturated carbocycles. The van der Waals surface area contributed by atoms with Gasteiger partial charge in [-0.2, -0.15) is 0 Å². The number of aromatic nitrogens is 3. The first-order valence-electron chi connectivity index (χ1n) is 9.86. The number of benzene rings is 1. The van der Waals surface area contributed by atoms with E-state index in [0.29, 0.717) is 51.5 Å². The highest BCUT2D eigenvalue weighted by atomic mass is 35.5. The topological polar surface area (TPSA) is 127 Å². The van der Waals surface area contributed by atoms with Crippen molar-refractivity contribution < 1.29 is 9.90 Å². The number of H-pyrrole nitrogens is 1. The summed E-state index contributed by atoms with van der Waals surface area (Å²) in [4.78, 5) is 24.7. The fraction of sp³-hybridized carbons (Fsp3) is 0.333. The fourth-order valence-corrected chi connectivity index (χ4v) is 3.92. The summed E-state index contributed by atoms with van der Waals surface area (Å²) in [6, 6.07) is 5.25. The minimum Gasteiger partial charge on any atom is -0.393 e. The lowest BCUT2D eigenvalue weighted by atomic mass is 9.93. The van der Waals surface area contributed by atoms with Crippen LogP contribution < -0.4 is 10.6 Å². The number of hydrogen-bond donors (Lipinski definition) is 5. The van der Waals surface area contributed by atoms with Gasteiger partial charge in [0.2, 0.25) is 0 Å². The van der Waals surface area contributed by atoms with E-state index in [1.807, 2.05) is 0 Å².